The van der Waals surface area contributed by atoms with Crippen molar-refractivity contribution >= 4 is 17.5 Å². The van der Waals surface area contributed by atoms with Crippen LogP contribution in [0.2, 0.25) is 5.02 Å². The minimum atomic E-state index is -0.468. The van der Waals surface area contributed by atoms with Gasteiger partial charge in [0.15, 0.2) is 0 Å². The van der Waals surface area contributed by atoms with E-state index in [4.69, 9.17) is 25.5 Å². The van der Waals surface area contributed by atoms with E-state index in [1.165, 1.54) is 0 Å². The molecule has 0 unspecified atom stereocenters. The highest BCUT2D eigenvalue weighted by atomic mass is 35.5. The minimum absolute atomic E-state index is 0.121. The molecule has 0 bridgehead atoms. The van der Waals surface area contributed by atoms with Crippen molar-refractivity contribution in [1.29, 1.82) is 0 Å². The molecule has 0 aliphatic heterocycles. The number of rotatable bonds is 7. The highest BCUT2D eigenvalue weighted by Crippen LogP contribution is 2.21. The molecule has 1 heterocycles. The van der Waals surface area contributed by atoms with Gasteiger partial charge in [0.05, 0.1) is 13.7 Å². The first-order chi connectivity index (χ1) is 12.7. The Labute approximate surface area is 154 Å². The van der Waals surface area contributed by atoms with Crippen LogP contribution in [0.4, 0.5) is 0 Å². The molecular formula is C18H16ClN3O4. The van der Waals surface area contributed by atoms with Gasteiger partial charge in [-0.1, -0.05) is 17.7 Å². The number of halogens is 1. The summed E-state index contributed by atoms with van der Waals surface area (Å²) in [6.45, 7) is 0.590. The largest absolute Gasteiger partial charge is 0.497 e. The molecule has 0 atom stereocenters. The molecule has 3 aromatic rings. The van der Waals surface area contributed by atoms with Gasteiger partial charge in [-0.3, -0.25) is 4.79 Å². The first-order valence-electron chi connectivity index (χ1n) is 7.80. The number of nitrogens with zero attached hydrogens (tertiary/aromatic N) is 2. The van der Waals surface area contributed by atoms with E-state index >= 15 is 0 Å². The van der Waals surface area contributed by atoms with Gasteiger partial charge in [0, 0.05) is 10.6 Å². The Hall–Kier alpha value is -3.06. The quantitative estimate of drug-likeness (QED) is 0.640. The van der Waals surface area contributed by atoms with Gasteiger partial charge in [-0.2, -0.15) is 0 Å². The molecule has 2 aromatic carbocycles. The molecule has 0 saturated carbocycles. The van der Waals surface area contributed by atoms with Gasteiger partial charge in [0.2, 0.25) is 5.89 Å². The van der Waals surface area contributed by atoms with Gasteiger partial charge >= 0.3 is 11.8 Å². The van der Waals surface area contributed by atoms with Crippen LogP contribution >= 0.6 is 11.6 Å². The van der Waals surface area contributed by atoms with E-state index in [1.54, 1.807) is 55.6 Å². The summed E-state index contributed by atoms with van der Waals surface area (Å²) in [7, 11) is 1.60. The Balaban J connectivity index is 1.49. The summed E-state index contributed by atoms with van der Waals surface area (Å²) in [6, 6.07) is 14.1. The number of nitrogens with one attached hydrogen (secondary N) is 1. The third-order valence-corrected chi connectivity index (χ3v) is 3.64. The lowest BCUT2D eigenvalue weighted by atomic mass is 10.2. The number of ether oxygens (including phenoxy) is 2. The van der Waals surface area contributed by atoms with Crippen molar-refractivity contribution in [2.75, 3.05) is 20.3 Å². The van der Waals surface area contributed by atoms with Gasteiger partial charge in [0.25, 0.3) is 0 Å². The second kappa shape index (κ2) is 8.35. The monoisotopic (exact) mass is 373 g/mol. The van der Waals surface area contributed by atoms with Gasteiger partial charge in [-0.25, -0.2) is 0 Å². The van der Waals surface area contributed by atoms with Crippen molar-refractivity contribution in [1.82, 2.24) is 15.5 Å². The van der Waals surface area contributed by atoms with Crippen LogP contribution in [0.1, 0.15) is 10.7 Å². The average molecular weight is 374 g/mol. The van der Waals surface area contributed by atoms with E-state index in [0.29, 0.717) is 29.5 Å². The predicted octanol–water partition coefficient (Wildman–Crippen LogP) is 3.21. The summed E-state index contributed by atoms with van der Waals surface area (Å²) < 4.78 is 16.0. The zero-order valence-corrected chi connectivity index (χ0v) is 14.7. The molecule has 3 rings (SSSR count). The molecule has 1 amide bonds. The van der Waals surface area contributed by atoms with E-state index in [1.807, 2.05) is 0 Å². The molecule has 0 aliphatic rings. The van der Waals surface area contributed by atoms with Crippen LogP contribution in [0.5, 0.6) is 11.5 Å². The third-order valence-electron chi connectivity index (χ3n) is 3.41. The summed E-state index contributed by atoms with van der Waals surface area (Å²) in [6.07, 6.45) is 0. The van der Waals surface area contributed by atoms with Crippen molar-refractivity contribution in [3.05, 3.63) is 59.4 Å². The number of carbonyl (C=O) groups is 1. The molecule has 8 heteroatoms. The predicted molar refractivity (Wildman–Crippen MR) is 95.6 cm³/mol. The maximum absolute atomic E-state index is 12.0. The summed E-state index contributed by atoms with van der Waals surface area (Å²) in [4.78, 5) is 12.0. The fraction of sp³-hybridized carbons (Fsp3) is 0.167. The number of aromatic nitrogens is 2. The maximum Gasteiger partial charge on any atom is 0.308 e. The van der Waals surface area contributed by atoms with Crippen molar-refractivity contribution in [2.45, 2.75) is 0 Å². The van der Waals surface area contributed by atoms with E-state index in [0.717, 1.165) is 5.75 Å². The second-order valence-electron chi connectivity index (χ2n) is 5.20. The summed E-state index contributed by atoms with van der Waals surface area (Å²) in [5.41, 5.74) is 0.645. The molecule has 0 radical (unpaired) electrons. The Morgan fingerprint density at radius 2 is 1.92 bits per heavy atom. The van der Waals surface area contributed by atoms with E-state index < -0.39 is 5.91 Å². The van der Waals surface area contributed by atoms with Crippen LogP contribution in [0.3, 0.4) is 0 Å². The zero-order chi connectivity index (χ0) is 18.4. The molecule has 26 heavy (non-hydrogen) atoms. The summed E-state index contributed by atoms with van der Waals surface area (Å²) in [5, 5.41) is 10.8. The molecule has 0 spiro atoms. The average Bonchev–Trinajstić information content (AvgIpc) is 3.16. The number of hydrogen-bond acceptors (Lipinski definition) is 6. The SMILES string of the molecule is COc1ccc(OCCNC(=O)c2nnc(-c3cccc(Cl)c3)o2)cc1. The standard InChI is InChI=1S/C18H16ClN3O4/c1-24-14-5-7-15(8-6-14)25-10-9-20-16(23)18-22-21-17(26-18)12-3-2-4-13(19)11-12/h2-8,11H,9-10H2,1H3,(H,20,23). The lowest BCUT2D eigenvalue weighted by Crippen LogP contribution is -2.28. The normalized spacial score (nSPS) is 10.4. The second-order valence-corrected chi connectivity index (χ2v) is 5.64. The molecule has 1 N–H and O–H groups in total. The van der Waals surface area contributed by atoms with E-state index in [2.05, 4.69) is 15.5 Å². The smallest absolute Gasteiger partial charge is 0.308 e. The van der Waals surface area contributed by atoms with E-state index in [9.17, 15) is 4.79 Å². The summed E-state index contributed by atoms with van der Waals surface area (Å²) >= 11 is 5.93. The van der Waals surface area contributed by atoms with Crippen molar-refractivity contribution in [3.63, 3.8) is 0 Å². The van der Waals surface area contributed by atoms with Crippen LogP contribution in [0, 0.1) is 0 Å². The van der Waals surface area contributed by atoms with Gasteiger partial charge in [0.1, 0.15) is 18.1 Å². The highest BCUT2D eigenvalue weighted by Gasteiger charge is 2.15. The van der Waals surface area contributed by atoms with Crippen molar-refractivity contribution in [2.24, 2.45) is 0 Å². The van der Waals surface area contributed by atoms with Gasteiger partial charge < -0.3 is 19.2 Å². The van der Waals surface area contributed by atoms with Crippen LogP contribution < -0.4 is 14.8 Å². The molecule has 0 fully saturated rings. The lowest BCUT2D eigenvalue weighted by Gasteiger charge is -2.07. The van der Waals surface area contributed by atoms with Gasteiger partial charge in [-0.05, 0) is 42.5 Å². The molecule has 0 saturated heterocycles. The zero-order valence-electron chi connectivity index (χ0n) is 13.9. The third kappa shape index (κ3) is 4.52. The Bertz CT molecular complexity index is 880. The first-order valence-corrected chi connectivity index (χ1v) is 8.18. The Morgan fingerprint density at radius 3 is 2.65 bits per heavy atom. The Kier molecular flexibility index (Phi) is 5.70. The number of carbonyl (C=O) groups excluding carboxylic acids is 1. The molecular weight excluding hydrogens is 358 g/mol. The fourth-order valence-electron chi connectivity index (χ4n) is 2.13. The number of amides is 1. The van der Waals surface area contributed by atoms with Gasteiger partial charge in [-0.15, -0.1) is 10.2 Å². The van der Waals surface area contributed by atoms with Crippen molar-refractivity contribution in [3.8, 4) is 23.0 Å². The molecule has 0 aliphatic carbocycles. The Morgan fingerprint density at radius 1 is 1.15 bits per heavy atom. The fourth-order valence-corrected chi connectivity index (χ4v) is 2.32. The maximum atomic E-state index is 12.0. The number of benzene rings is 2. The molecule has 1 aromatic heterocycles. The van der Waals surface area contributed by atoms with Crippen LogP contribution in [0.25, 0.3) is 11.5 Å². The van der Waals surface area contributed by atoms with Crippen LogP contribution in [-0.2, 0) is 0 Å². The first kappa shape index (κ1) is 17.8. The number of hydrogen-bond donors (Lipinski definition) is 1. The van der Waals surface area contributed by atoms with Crippen LogP contribution in [0.15, 0.2) is 52.9 Å². The molecule has 7 nitrogen and oxygen atoms in total. The number of methoxy groups -OCH3 is 1. The lowest BCUT2D eigenvalue weighted by molar-refractivity contribution is 0.0913. The van der Waals surface area contributed by atoms with Crippen molar-refractivity contribution < 1.29 is 18.7 Å². The molecule has 134 valence electrons. The van der Waals surface area contributed by atoms with E-state index in [-0.39, 0.29) is 11.8 Å². The summed E-state index contributed by atoms with van der Waals surface area (Å²) in [5.74, 6) is 1.07. The highest BCUT2D eigenvalue weighted by molar-refractivity contribution is 6.30. The van der Waals surface area contributed by atoms with Crippen LogP contribution in [-0.4, -0.2) is 36.4 Å². The topological polar surface area (TPSA) is 86.5 Å². The minimum Gasteiger partial charge on any atom is -0.497 e.